The van der Waals surface area contributed by atoms with E-state index in [1.165, 1.54) is 49.6 Å². The van der Waals surface area contributed by atoms with Gasteiger partial charge in [0.2, 0.25) is 0 Å². The molecule has 2 aromatic carbocycles. The average Bonchev–Trinajstić information content (AvgIpc) is 2.46. The number of halogens is 1. The highest BCUT2D eigenvalue weighted by atomic mass is 32.2. The summed E-state index contributed by atoms with van der Waals surface area (Å²) in [5, 5.41) is 0. The Balaban J connectivity index is 2.25. The van der Waals surface area contributed by atoms with Crippen molar-refractivity contribution in [3.05, 3.63) is 59.9 Å². The van der Waals surface area contributed by atoms with Crippen molar-refractivity contribution in [2.24, 2.45) is 0 Å². The van der Waals surface area contributed by atoms with Gasteiger partial charge >= 0.3 is 5.97 Å². The molecule has 0 heterocycles. The van der Waals surface area contributed by atoms with Gasteiger partial charge in [0.15, 0.2) is 0 Å². The van der Waals surface area contributed by atoms with Crippen LogP contribution in [-0.4, -0.2) is 21.5 Å². The monoisotopic (exact) mass is 309 g/mol. The molecule has 0 aromatic heterocycles. The number of sulfonamides is 1. The third-order valence-corrected chi connectivity index (χ3v) is 4.06. The Kier molecular flexibility index (Phi) is 4.23. The zero-order chi connectivity index (χ0) is 15.5. The van der Waals surface area contributed by atoms with Crippen molar-refractivity contribution >= 4 is 21.7 Å². The molecule has 0 amide bonds. The van der Waals surface area contributed by atoms with Crippen molar-refractivity contribution in [3.8, 4) is 0 Å². The SMILES string of the molecule is COC(=O)c1ccc(S(=O)(=O)Nc2cccc(F)c2)cc1. The first kappa shape index (κ1) is 15.0. The third-order valence-electron chi connectivity index (χ3n) is 2.66. The van der Waals surface area contributed by atoms with E-state index in [9.17, 15) is 17.6 Å². The quantitative estimate of drug-likeness (QED) is 0.880. The summed E-state index contributed by atoms with van der Waals surface area (Å²) in [6, 6.07) is 10.3. The normalized spacial score (nSPS) is 11.0. The lowest BCUT2D eigenvalue weighted by atomic mass is 10.2. The van der Waals surface area contributed by atoms with E-state index in [4.69, 9.17) is 0 Å². The van der Waals surface area contributed by atoms with Crippen molar-refractivity contribution in [2.45, 2.75) is 4.90 Å². The predicted molar refractivity (Wildman–Crippen MR) is 75.0 cm³/mol. The van der Waals surface area contributed by atoms with Gasteiger partial charge in [-0.3, -0.25) is 4.72 Å². The maximum atomic E-state index is 13.0. The second kappa shape index (κ2) is 5.92. The molecule has 5 nitrogen and oxygen atoms in total. The molecule has 0 aliphatic rings. The smallest absolute Gasteiger partial charge is 0.337 e. The molecule has 21 heavy (non-hydrogen) atoms. The lowest BCUT2D eigenvalue weighted by Crippen LogP contribution is -2.13. The molecule has 0 atom stereocenters. The van der Waals surface area contributed by atoms with E-state index >= 15 is 0 Å². The summed E-state index contributed by atoms with van der Waals surface area (Å²) in [4.78, 5) is 11.2. The van der Waals surface area contributed by atoms with Crippen LogP contribution in [0.4, 0.5) is 10.1 Å². The number of ether oxygens (including phenoxy) is 1. The maximum absolute atomic E-state index is 13.0. The molecule has 0 fully saturated rings. The minimum absolute atomic E-state index is 0.0422. The number of hydrogen-bond acceptors (Lipinski definition) is 4. The lowest BCUT2D eigenvalue weighted by molar-refractivity contribution is 0.0600. The predicted octanol–water partition coefficient (Wildman–Crippen LogP) is 2.41. The van der Waals surface area contributed by atoms with Gasteiger partial charge in [-0.15, -0.1) is 0 Å². The molecule has 0 saturated carbocycles. The van der Waals surface area contributed by atoms with Crippen molar-refractivity contribution in [1.82, 2.24) is 0 Å². The van der Waals surface area contributed by atoms with Crippen molar-refractivity contribution in [3.63, 3.8) is 0 Å². The van der Waals surface area contributed by atoms with E-state index in [1.807, 2.05) is 0 Å². The molecule has 0 saturated heterocycles. The van der Waals surface area contributed by atoms with E-state index in [2.05, 4.69) is 9.46 Å². The molecule has 1 N–H and O–H groups in total. The topological polar surface area (TPSA) is 72.5 Å². The van der Waals surface area contributed by atoms with Crippen LogP contribution in [0.2, 0.25) is 0 Å². The molecule has 7 heteroatoms. The van der Waals surface area contributed by atoms with Gasteiger partial charge in [0.05, 0.1) is 23.3 Å². The molecule has 2 rings (SSSR count). The lowest BCUT2D eigenvalue weighted by Gasteiger charge is -2.08. The van der Waals surface area contributed by atoms with Gasteiger partial charge in [-0.25, -0.2) is 17.6 Å². The van der Waals surface area contributed by atoms with E-state index in [1.54, 1.807) is 0 Å². The van der Waals surface area contributed by atoms with E-state index in [-0.39, 0.29) is 16.1 Å². The van der Waals surface area contributed by atoms with Gasteiger partial charge in [0, 0.05) is 0 Å². The van der Waals surface area contributed by atoms with Gasteiger partial charge in [0.25, 0.3) is 10.0 Å². The van der Waals surface area contributed by atoms with Crippen LogP contribution in [0.3, 0.4) is 0 Å². The number of anilines is 1. The van der Waals surface area contributed by atoms with Gasteiger partial charge in [-0.05, 0) is 42.5 Å². The summed E-state index contributed by atoms with van der Waals surface area (Å²) in [6.45, 7) is 0. The molecule has 110 valence electrons. The fourth-order valence-corrected chi connectivity index (χ4v) is 2.70. The number of hydrogen-bond donors (Lipinski definition) is 1. The number of methoxy groups -OCH3 is 1. The summed E-state index contributed by atoms with van der Waals surface area (Å²) in [6.07, 6.45) is 0. The second-order valence-corrected chi connectivity index (χ2v) is 5.81. The van der Waals surface area contributed by atoms with Crippen LogP contribution in [0.1, 0.15) is 10.4 Å². The zero-order valence-electron chi connectivity index (χ0n) is 11.0. The zero-order valence-corrected chi connectivity index (χ0v) is 11.9. The molecular weight excluding hydrogens is 297 g/mol. The van der Waals surface area contributed by atoms with E-state index in [0.29, 0.717) is 0 Å². The van der Waals surface area contributed by atoms with Gasteiger partial charge in [-0.1, -0.05) is 6.07 Å². The molecule has 0 unspecified atom stereocenters. The number of nitrogens with one attached hydrogen (secondary N) is 1. The largest absolute Gasteiger partial charge is 0.465 e. The van der Waals surface area contributed by atoms with Gasteiger partial charge in [-0.2, -0.15) is 0 Å². The molecule has 0 bridgehead atoms. The minimum atomic E-state index is -3.85. The second-order valence-electron chi connectivity index (χ2n) is 4.13. The Morgan fingerprint density at radius 1 is 1.14 bits per heavy atom. The van der Waals surface area contributed by atoms with Crippen LogP contribution in [0.15, 0.2) is 53.4 Å². The van der Waals surface area contributed by atoms with Gasteiger partial charge < -0.3 is 4.74 Å². The first-order valence-electron chi connectivity index (χ1n) is 5.89. The third kappa shape index (κ3) is 3.57. The van der Waals surface area contributed by atoms with Crippen LogP contribution in [0, 0.1) is 5.82 Å². The Labute approximate surface area is 121 Å². The Morgan fingerprint density at radius 3 is 2.38 bits per heavy atom. The van der Waals surface area contributed by atoms with Crippen molar-refractivity contribution < 1.29 is 22.3 Å². The Hall–Kier alpha value is -2.41. The first-order chi connectivity index (χ1) is 9.92. The highest BCUT2D eigenvalue weighted by molar-refractivity contribution is 7.92. The van der Waals surface area contributed by atoms with Crippen LogP contribution in [0.5, 0.6) is 0 Å². The summed E-state index contributed by atoms with van der Waals surface area (Å²) in [5.41, 5.74) is 0.356. The summed E-state index contributed by atoms with van der Waals surface area (Å²) < 4.78 is 44.0. The van der Waals surface area contributed by atoms with Crippen LogP contribution >= 0.6 is 0 Å². The average molecular weight is 309 g/mol. The van der Waals surface area contributed by atoms with Crippen LogP contribution in [-0.2, 0) is 14.8 Å². The molecule has 0 spiro atoms. The molecule has 0 aliphatic heterocycles. The van der Waals surface area contributed by atoms with Gasteiger partial charge in [0.1, 0.15) is 5.82 Å². The number of esters is 1. The highest BCUT2D eigenvalue weighted by Gasteiger charge is 2.15. The molecule has 0 radical (unpaired) electrons. The summed E-state index contributed by atoms with van der Waals surface area (Å²) in [5.74, 6) is -1.10. The number of rotatable bonds is 4. The van der Waals surface area contributed by atoms with Crippen molar-refractivity contribution in [1.29, 1.82) is 0 Å². The first-order valence-corrected chi connectivity index (χ1v) is 7.37. The van der Waals surface area contributed by atoms with E-state index < -0.39 is 21.8 Å². The number of benzene rings is 2. The number of carbonyl (C=O) groups is 1. The molecular formula is C14H12FNO4S. The fraction of sp³-hybridized carbons (Fsp3) is 0.0714. The highest BCUT2D eigenvalue weighted by Crippen LogP contribution is 2.17. The number of carbonyl (C=O) groups excluding carboxylic acids is 1. The standard InChI is InChI=1S/C14H12FNO4S/c1-20-14(17)10-5-7-13(8-6-10)21(18,19)16-12-4-2-3-11(15)9-12/h2-9,16H,1H3. The van der Waals surface area contributed by atoms with Crippen LogP contribution < -0.4 is 4.72 Å². The summed E-state index contributed by atoms with van der Waals surface area (Å²) in [7, 11) is -2.61. The molecule has 0 aliphatic carbocycles. The Bertz CT molecular complexity index is 757. The van der Waals surface area contributed by atoms with E-state index in [0.717, 1.165) is 6.07 Å². The maximum Gasteiger partial charge on any atom is 0.337 e. The summed E-state index contributed by atoms with van der Waals surface area (Å²) >= 11 is 0. The van der Waals surface area contributed by atoms with Crippen LogP contribution in [0.25, 0.3) is 0 Å². The van der Waals surface area contributed by atoms with Crippen molar-refractivity contribution in [2.75, 3.05) is 11.8 Å². The minimum Gasteiger partial charge on any atom is -0.465 e. The molecule has 2 aromatic rings. The Morgan fingerprint density at radius 2 is 1.81 bits per heavy atom. The fourth-order valence-electron chi connectivity index (χ4n) is 1.65.